The summed E-state index contributed by atoms with van der Waals surface area (Å²) in [5, 5.41) is 12.1. The van der Waals surface area contributed by atoms with Gasteiger partial charge in [-0.3, -0.25) is 4.79 Å². The minimum atomic E-state index is -0.301. The monoisotopic (exact) mass is 238 g/mol. The molecule has 1 aromatic carbocycles. The molecule has 0 unspecified atom stereocenters. The predicted octanol–water partition coefficient (Wildman–Crippen LogP) is 1.27. The predicted molar refractivity (Wildman–Crippen MR) is 65.9 cm³/mol. The van der Waals surface area contributed by atoms with Crippen molar-refractivity contribution in [1.82, 2.24) is 5.32 Å². The maximum absolute atomic E-state index is 11.5. The van der Waals surface area contributed by atoms with E-state index in [9.17, 15) is 9.90 Å². The highest BCUT2D eigenvalue weighted by Crippen LogP contribution is 2.29. The number of hydrogen-bond donors (Lipinski definition) is 3. The summed E-state index contributed by atoms with van der Waals surface area (Å²) in [5.41, 5.74) is 5.42. The standard InChI is InChI=1S/C12H18N2O3/c1-12(2,3)14-10(16)7-17-9-6-4-5-8(15)11(9)13/h4-6,15H,7,13H2,1-3H3,(H,14,16). The Balaban J connectivity index is 2.56. The van der Waals surface area contributed by atoms with Crippen molar-refractivity contribution in [2.24, 2.45) is 0 Å². The molecule has 1 aromatic rings. The van der Waals surface area contributed by atoms with E-state index >= 15 is 0 Å². The van der Waals surface area contributed by atoms with E-state index < -0.39 is 0 Å². The molecule has 0 saturated heterocycles. The van der Waals surface area contributed by atoms with Crippen molar-refractivity contribution in [2.45, 2.75) is 26.3 Å². The molecule has 0 atom stereocenters. The Hall–Kier alpha value is -1.91. The lowest BCUT2D eigenvalue weighted by Crippen LogP contribution is -2.43. The second kappa shape index (κ2) is 4.95. The van der Waals surface area contributed by atoms with Gasteiger partial charge in [-0.1, -0.05) is 6.07 Å². The first-order chi connectivity index (χ1) is 7.79. The molecular weight excluding hydrogens is 220 g/mol. The smallest absolute Gasteiger partial charge is 0.258 e. The van der Waals surface area contributed by atoms with Crippen LogP contribution in [0.25, 0.3) is 0 Å². The van der Waals surface area contributed by atoms with Crippen LogP contribution in [0.3, 0.4) is 0 Å². The van der Waals surface area contributed by atoms with Crippen molar-refractivity contribution in [3.8, 4) is 11.5 Å². The number of rotatable bonds is 3. The van der Waals surface area contributed by atoms with E-state index in [1.165, 1.54) is 6.07 Å². The third-order valence-corrected chi connectivity index (χ3v) is 1.92. The molecule has 5 nitrogen and oxygen atoms in total. The molecule has 0 aliphatic rings. The van der Waals surface area contributed by atoms with Crippen LogP contribution in [0.5, 0.6) is 11.5 Å². The van der Waals surface area contributed by atoms with Gasteiger partial charge in [0, 0.05) is 5.54 Å². The van der Waals surface area contributed by atoms with E-state index in [1.807, 2.05) is 20.8 Å². The van der Waals surface area contributed by atoms with E-state index in [1.54, 1.807) is 12.1 Å². The van der Waals surface area contributed by atoms with Gasteiger partial charge in [-0.25, -0.2) is 0 Å². The van der Waals surface area contributed by atoms with Gasteiger partial charge in [0.05, 0.1) is 0 Å². The number of anilines is 1. The van der Waals surface area contributed by atoms with Crippen LogP contribution >= 0.6 is 0 Å². The van der Waals surface area contributed by atoms with Crippen LogP contribution in [0.15, 0.2) is 18.2 Å². The molecular formula is C12H18N2O3. The number of carbonyl (C=O) groups is 1. The van der Waals surface area contributed by atoms with Crippen molar-refractivity contribution in [3.05, 3.63) is 18.2 Å². The molecule has 0 saturated carbocycles. The van der Waals surface area contributed by atoms with Gasteiger partial charge in [-0.2, -0.15) is 0 Å². The van der Waals surface area contributed by atoms with Gasteiger partial charge in [0.15, 0.2) is 6.61 Å². The van der Waals surface area contributed by atoms with Gasteiger partial charge < -0.3 is 20.9 Å². The second-order valence-electron chi connectivity index (χ2n) is 4.78. The molecule has 17 heavy (non-hydrogen) atoms. The fraction of sp³-hybridized carbons (Fsp3) is 0.417. The van der Waals surface area contributed by atoms with Crippen LogP contribution in [0.2, 0.25) is 0 Å². The Morgan fingerprint density at radius 1 is 1.47 bits per heavy atom. The Kier molecular flexibility index (Phi) is 3.83. The number of nitrogens with two attached hydrogens (primary N) is 1. The summed E-state index contributed by atoms with van der Waals surface area (Å²) in [7, 11) is 0. The molecule has 1 rings (SSSR count). The molecule has 0 aliphatic carbocycles. The lowest BCUT2D eigenvalue weighted by molar-refractivity contribution is -0.124. The summed E-state index contributed by atoms with van der Waals surface area (Å²) in [4.78, 5) is 11.5. The first-order valence-corrected chi connectivity index (χ1v) is 5.31. The third-order valence-electron chi connectivity index (χ3n) is 1.92. The zero-order valence-corrected chi connectivity index (χ0v) is 10.3. The van der Waals surface area contributed by atoms with Gasteiger partial charge in [0.25, 0.3) is 5.91 Å². The second-order valence-corrected chi connectivity index (χ2v) is 4.78. The summed E-state index contributed by atoms with van der Waals surface area (Å²) >= 11 is 0. The number of phenolic OH excluding ortho intramolecular Hbond substituents is 1. The number of para-hydroxylation sites is 1. The molecule has 0 bridgehead atoms. The van der Waals surface area contributed by atoms with Crippen LogP contribution < -0.4 is 15.8 Å². The van der Waals surface area contributed by atoms with Crippen LogP contribution in [0.1, 0.15) is 20.8 Å². The van der Waals surface area contributed by atoms with Gasteiger partial charge in [-0.15, -0.1) is 0 Å². The average molecular weight is 238 g/mol. The Bertz CT molecular complexity index is 411. The molecule has 0 aromatic heterocycles. The van der Waals surface area contributed by atoms with E-state index in [0.717, 1.165) is 0 Å². The number of carbonyl (C=O) groups excluding carboxylic acids is 1. The molecule has 5 heteroatoms. The van der Waals surface area contributed by atoms with Crippen molar-refractivity contribution in [3.63, 3.8) is 0 Å². The normalized spacial score (nSPS) is 11.0. The molecule has 0 spiro atoms. The highest BCUT2D eigenvalue weighted by molar-refractivity contribution is 5.78. The number of phenols is 1. The largest absolute Gasteiger partial charge is 0.506 e. The fourth-order valence-corrected chi connectivity index (χ4v) is 1.26. The van der Waals surface area contributed by atoms with E-state index in [-0.39, 0.29) is 29.5 Å². The number of nitrogen functional groups attached to an aromatic ring is 1. The quantitative estimate of drug-likeness (QED) is 0.547. The van der Waals surface area contributed by atoms with E-state index in [4.69, 9.17) is 10.5 Å². The van der Waals surface area contributed by atoms with Gasteiger partial charge in [0.2, 0.25) is 0 Å². The Morgan fingerprint density at radius 3 is 2.71 bits per heavy atom. The lowest BCUT2D eigenvalue weighted by Gasteiger charge is -2.20. The van der Waals surface area contributed by atoms with Crippen molar-refractivity contribution in [1.29, 1.82) is 0 Å². The molecule has 0 fully saturated rings. The fourth-order valence-electron chi connectivity index (χ4n) is 1.26. The first kappa shape index (κ1) is 13.2. The third kappa shape index (κ3) is 4.22. The summed E-state index contributed by atoms with van der Waals surface area (Å²) in [6, 6.07) is 4.65. The van der Waals surface area contributed by atoms with Crippen molar-refractivity contribution < 1.29 is 14.6 Å². The minimum Gasteiger partial charge on any atom is -0.506 e. The Labute approximate surface area is 101 Å². The van der Waals surface area contributed by atoms with Gasteiger partial charge in [0.1, 0.15) is 17.2 Å². The zero-order valence-electron chi connectivity index (χ0n) is 10.3. The maximum Gasteiger partial charge on any atom is 0.258 e. The number of amides is 1. The summed E-state index contributed by atoms with van der Waals surface area (Å²) in [6.07, 6.45) is 0. The number of hydrogen-bond acceptors (Lipinski definition) is 4. The zero-order chi connectivity index (χ0) is 13.1. The van der Waals surface area contributed by atoms with Crippen molar-refractivity contribution >= 4 is 11.6 Å². The van der Waals surface area contributed by atoms with E-state index in [2.05, 4.69) is 5.32 Å². The SMILES string of the molecule is CC(C)(C)NC(=O)COc1cccc(O)c1N. The topological polar surface area (TPSA) is 84.6 Å². The minimum absolute atomic E-state index is 0.0567. The number of ether oxygens (including phenoxy) is 1. The first-order valence-electron chi connectivity index (χ1n) is 5.31. The summed E-state index contributed by atoms with van der Waals surface area (Å²) in [5.74, 6) is 0.00744. The van der Waals surface area contributed by atoms with Crippen LogP contribution in [-0.4, -0.2) is 23.2 Å². The van der Waals surface area contributed by atoms with Crippen LogP contribution in [0, 0.1) is 0 Å². The highest BCUT2D eigenvalue weighted by Gasteiger charge is 2.14. The van der Waals surface area contributed by atoms with Gasteiger partial charge >= 0.3 is 0 Å². The van der Waals surface area contributed by atoms with E-state index in [0.29, 0.717) is 5.75 Å². The summed E-state index contributed by atoms with van der Waals surface area (Å²) < 4.78 is 5.23. The highest BCUT2D eigenvalue weighted by atomic mass is 16.5. The van der Waals surface area contributed by atoms with Crippen LogP contribution in [-0.2, 0) is 4.79 Å². The van der Waals surface area contributed by atoms with Crippen LogP contribution in [0.4, 0.5) is 5.69 Å². The summed E-state index contributed by atoms with van der Waals surface area (Å²) in [6.45, 7) is 5.51. The number of nitrogens with one attached hydrogen (secondary N) is 1. The number of aromatic hydroxyl groups is 1. The number of benzene rings is 1. The molecule has 0 heterocycles. The molecule has 4 N–H and O–H groups in total. The maximum atomic E-state index is 11.5. The molecule has 1 amide bonds. The average Bonchev–Trinajstić information content (AvgIpc) is 2.18. The molecule has 0 aliphatic heterocycles. The van der Waals surface area contributed by atoms with Crippen molar-refractivity contribution in [2.75, 3.05) is 12.3 Å². The Morgan fingerprint density at radius 2 is 2.12 bits per heavy atom. The lowest BCUT2D eigenvalue weighted by atomic mass is 10.1. The van der Waals surface area contributed by atoms with Gasteiger partial charge in [-0.05, 0) is 32.9 Å². The molecule has 0 radical (unpaired) electrons. The molecule has 94 valence electrons.